The molecule has 0 spiro atoms. The summed E-state index contributed by atoms with van der Waals surface area (Å²) in [6.07, 6.45) is 1.38. The highest BCUT2D eigenvalue weighted by molar-refractivity contribution is 9.10. The smallest absolute Gasteiger partial charge is 0.132 e. The van der Waals surface area contributed by atoms with Gasteiger partial charge in [-0.15, -0.1) is 12.4 Å². The fourth-order valence-corrected chi connectivity index (χ4v) is 1.76. The number of rotatable bonds is 3. The molecular formula is C10H13BrClF2N. The molecular weight excluding hydrogens is 287 g/mol. The summed E-state index contributed by atoms with van der Waals surface area (Å²) in [5, 5.41) is 0. The van der Waals surface area contributed by atoms with Crippen molar-refractivity contribution >= 4 is 28.3 Å². The Morgan fingerprint density at radius 2 is 1.80 bits per heavy atom. The van der Waals surface area contributed by atoms with Crippen LogP contribution in [0.5, 0.6) is 0 Å². The molecule has 0 heterocycles. The van der Waals surface area contributed by atoms with Crippen molar-refractivity contribution in [1.29, 1.82) is 0 Å². The van der Waals surface area contributed by atoms with Crippen molar-refractivity contribution in [2.24, 2.45) is 5.73 Å². The largest absolute Gasteiger partial charge is 0.324 e. The molecule has 0 unspecified atom stereocenters. The zero-order valence-electron chi connectivity index (χ0n) is 8.27. The van der Waals surface area contributed by atoms with Gasteiger partial charge in [0.25, 0.3) is 0 Å². The maximum atomic E-state index is 13.3. The van der Waals surface area contributed by atoms with E-state index in [4.69, 9.17) is 5.73 Å². The third-order valence-corrected chi connectivity index (χ3v) is 2.47. The molecule has 0 aliphatic rings. The van der Waals surface area contributed by atoms with Crippen LogP contribution >= 0.6 is 28.3 Å². The van der Waals surface area contributed by atoms with Gasteiger partial charge >= 0.3 is 0 Å². The maximum absolute atomic E-state index is 13.3. The summed E-state index contributed by atoms with van der Waals surface area (Å²) in [6, 6.07) is 1.90. The fourth-order valence-electron chi connectivity index (χ4n) is 1.36. The highest BCUT2D eigenvalue weighted by atomic mass is 79.9. The topological polar surface area (TPSA) is 26.0 Å². The zero-order chi connectivity index (χ0) is 10.7. The van der Waals surface area contributed by atoms with Crippen molar-refractivity contribution < 1.29 is 8.78 Å². The number of halogens is 4. The number of hydrogen-bond acceptors (Lipinski definition) is 1. The minimum Gasteiger partial charge on any atom is -0.324 e. The molecule has 0 amide bonds. The molecule has 0 bridgehead atoms. The quantitative estimate of drug-likeness (QED) is 0.898. The van der Waals surface area contributed by atoms with Gasteiger partial charge in [-0.25, -0.2) is 8.78 Å². The van der Waals surface area contributed by atoms with Crippen LogP contribution in [0.2, 0.25) is 0 Å². The maximum Gasteiger partial charge on any atom is 0.132 e. The predicted octanol–water partition coefficient (Wildman–Crippen LogP) is 3.95. The van der Waals surface area contributed by atoms with Crippen LogP contribution in [0.1, 0.15) is 31.4 Å². The first-order chi connectivity index (χ1) is 6.56. The second-order valence-electron chi connectivity index (χ2n) is 3.18. The van der Waals surface area contributed by atoms with Crippen molar-refractivity contribution in [3.63, 3.8) is 0 Å². The highest BCUT2D eigenvalue weighted by Gasteiger charge is 2.16. The Kier molecular flexibility index (Phi) is 6.32. The van der Waals surface area contributed by atoms with Gasteiger partial charge in [-0.05, 0) is 18.6 Å². The molecule has 86 valence electrons. The summed E-state index contributed by atoms with van der Waals surface area (Å²) in [5.74, 6) is -1.17. The lowest BCUT2D eigenvalue weighted by molar-refractivity contribution is 0.509. The van der Waals surface area contributed by atoms with Gasteiger partial charge in [0, 0.05) is 16.1 Å². The van der Waals surface area contributed by atoms with Crippen LogP contribution in [0.25, 0.3) is 0 Å². The van der Waals surface area contributed by atoms with Gasteiger partial charge < -0.3 is 5.73 Å². The first-order valence-electron chi connectivity index (χ1n) is 4.46. The lowest BCUT2D eigenvalue weighted by Gasteiger charge is -2.12. The molecule has 1 aromatic rings. The molecule has 1 rings (SSSR count). The van der Waals surface area contributed by atoms with E-state index in [0.717, 1.165) is 6.42 Å². The molecule has 0 fully saturated rings. The predicted molar refractivity (Wildman–Crippen MR) is 63.1 cm³/mol. The molecule has 2 N–H and O–H groups in total. The van der Waals surface area contributed by atoms with Crippen molar-refractivity contribution in [2.45, 2.75) is 25.8 Å². The SMILES string of the molecule is CCC[C@@H](N)c1c(F)cc(Br)cc1F.Cl. The minimum absolute atomic E-state index is 0. The lowest BCUT2D eigenvalue weighted by Crippen LogP contribution is -2.13. The van der Waals surface area contributed by atoms with E-state index < -0.39 is 17.7 Å². The molecule has 5 heteroatoms. The Hall–Kier alpha value is -0.190. The molecule has 0 aliphatic carbocycles. The lowest BCUT2D eigenvalue weighted by atomic mass is 10.0. The van der Waals surface area contributed by atoms with E-state index in [1.807, 2.05) is 6.92 Å². The van der Waals surface area contributed by atoms with E-state index in [1.54, 1.807) is 0 Å². The average molecular weight is 301 g/mol. The second kappa shape index (κ2) is 6.40. The van der Waals surface area contributed by atoms with Crippen LogP contribution < -0.4 is 5.73 Å². The van der Waals surface area contributed by atoms with E-state index in [-0.39, 0.29) is 18.0 Å². The molecule has 0 aromatic heterocycles. The standard InChI is InChI=1S/C10H12BrF2N.ClH/c1-2-3-9(14)10-7(12)4-6(11)5-8(10)13;/h4-5,9H,2-3,14H2,1H3;1H/t9-;/m1./s1. The summed E-state index contributed by atoms with van der Waals surface area (Å²) in [7, 11) is 0. The van der Waals surface area contributed by atoms with Crippen molar-refractivity contribution in [3.8, 4) is 0 Å². The van der Waals surface area contributed by atoms with Crippen LogP contribution in [0.15, 0.2) is 16.6 Å². The van der Waals surface area contributed by atoms with E-state index in [0.29, 0.717) is 10.9 Å². The first-order valence-corrected chi connectivity index (χ1v) is 5.25. The third kappa shape index (κ3) is 3.70. The van der Waals surface area contributed by atoms with Crippen molar-refractivity contribution in [2.75, 3.05) is 0 Å². The number of benzene rings is 1. The Bertz CT molecular complexity index is 310. The Labute approximate surface area is 103 Å². The summed E-state index contributed by atoms with van der Waals surface area (Å²) in [4.78, 5) is 0. The van der Waals surface area contributed by atoms with Gasteiger partial charge in [0.1, 0.15) is 11.6 Å². The summed E-state index contributed by atoms with van der Waals surface area (Å²) < 4.78 is 27.1. The van der Waals surface area contributed by atoms with Crippen LogP contribution in [-0.2, 0) is 0 Å². The van der Waals surface area contributed by atoms with Crippen LogP contribution in [0, 0.1) is 11.6 Å². The van der Waals surface area contributed by atoms with Crippen molar-refractivity contribution in [1.82, 2.24) is 0 Å². The van der Waals surface area contributed by atoms with Gasteiger partial charge in [-0.2, -0.15) is 0 Å². The second-order valence-corrected chi connectivity index (χ2v) is 4.09. The monoisotopic (exact) mass is 299 g/mol. The summed E-state index contributed by atoms with van der Waals surface area (Å²) in [5.41, 5.74) is 5.64. The molecule has 1 nitrogen and oxygen atoms in total. The number of hydrogen-bond donors (Lipinski definition) is 1. The van der Waals surface area contributed by atoms with Gasteiger partial charge in [-0.1, -0.05) is 29.3 Å². The first kappa shape index (κ1) is 14.8. The fraction of sp³-hybridized carbons (Fsp3) is 0.400. The number of nitrogens with two attached hydrogens (primary N) is 1. The van der Waals surface area contributed by atoms with E-state index in [2.05, 4.69) is 15.9 Å². The van der Waals surface area contributed by atoms with Gasteiger partial charge in [0.15, 0.2) is 0 Å². The Morgan fingerprint density at radius 3 is 2.20 bits per heavy atom. The Morgan fingerprint density at radius 1 is 1.33 bits per heavy atom. The van der Waals surface area contributed by atoms with Crippen LogP contribution in [0.4, 0.5) is 8.78 Å². The minimum atomic E-state index is -0.585. The van der Waals surface area contributed by atoms with E-state index >= 15 is 0 Å². The van der Waals surface area contributed by atoms with Gasteiger partial charge in [0.2, 0.25) is 0 Å². The molecule has 15 heavy (non-hydrogen) atoms. The third-order valence-electron chi connectivity index (χ3n) is 2.01. The Balaban J connectivity index is 0.00000196. The average Bonchev–Trinajstić information content (AvgIpc) is 2.01. The molecule has 1 aromatic carbocycles. The molecule has 0 aliphatic heterocycles. The highest BCUT2D eigenvalue weighted by Crippen LogP contribution is 2.25. The van der Waals surface area contributed by atoms with E-state index in [9.17, 15) is 8.78 Å². The molecule has 1 atom stereocenters. The molecule has 0 saturated carbocycles. The zero-order valence-corrected chi connectivity index (χ0v) is 10.7. The van der Waals surface area contributed by atoms with Crippen LogP contribution in [0.3, 0.4) is 0 Å². The van der Waals surface area contributed by atoms with Gasteiger partial charge in [0.05, 0.1) is 0 Å². The van der Waals surface area contributed by atoms with E-state index in [1.165, 1.54) is 12.1 Å². The molecule has 0 radical (unpaired) electrons. The summed E-state index contributed by atoms with van der Waals surface area (Å²) in [6.45, 7) is 1.93. The van der Waals surface area contributed by atoms with Crippen molar-refractivity contribution in [3.05, 3.63) is 33.8 Å². The molecule has 0 saturated heterocycles. The summed E-state index contributed by atoms with van der Waals surface area (Å²) >= 11 is 3.01. The van der Waals surface area contributed by atoms with Crippen LogP contribution in [-0.4, -0.2) is 0 Å². The normalized spacial score (nSPS) is 12.1. The van der Waals surface area contributed by atoms with Gasteiger partial charge in [-0.3, -0.25) is 0 Å².